The molecule has 8 nitrogen and oxygen atoms in total. The van der Waals surface area contributed by atoms with Gasteiger partial charge in [-0.05, 0) is 38.3 Å². The van der Waals surface area contributed by atoms with Crippen LogP contribution in [0.3, 0.4) is 0 Å². The van der Waals surface area contributed by atoms with Crippen LogP contribution in [0.4, 0.5) is 4.79 Å². The number of esters is 1. The maximum Gasteiger partial charge on any atom is 0.526 e. The molecule has 1 heterocycles. The summed E-state index contributed by atoms with van der Waals surface area (Å²) in [6.45, 7) is 4.74. The van der Waals surface area contributed by atoms with E-state index in [0.29, 0.717) is 18.4 Å². The van der Waals surface area contributed by atoms with E-state index < -0.39 is 26.0 Å². The molecule has 0 radical (unpaired) electrons. The van der Waals surface area contributed by atoms with Gasteiger partial charge in [0.25, 0.3) is 0 Å². The van der Waals surface area contributed by atoms with Crippen molar-refractivity contribution in [1.29, 1.82) is 0 Å². The van der Waals surface area contributed by atoms with Crippen LogP contribution in [-0.2, 0) is 25.4 Å². The third-order valence-corrected chi connectivity index (χ3v) is 4.44. The van der Waals surface area contributed by atoms with Crippen molar-refractivity contribution in [2.75, 3.05) is 6.79 Å². The molecule has 1 atom stereocenters. The Bertz CT molecular complexity index is 733. The molecule has 9 heteroatoms. The van der Waals surface area contributed by atoms with Crippen LogP contribution in [0.25, 0.3) is 0 Å². The lowest BCUT2D eigenvalue weighted by molar-refractivity contribution is -0.119. The largest absolute Gasteiger partial charge is 0.535 e. The van der Waals surface area contributed by atoms with Gasteiger partial charge in [-0.1, -0.05) is 25.5 Å². The molecule has 0 aliphatic carbocycles. The Balaban J connectivity index is 1.98. The first-order valence-corrected chi connectivity index (χ1v) is 9.80. The first kappa shape index (κ1) is 22.7. The Morgan fingerprint density at radius 2 is 2.03 bits per heavy atom. The minimum atomic E-state index is -1.20. The van der Waals surface area contributed by atoms with Gasteiger partial charge in [0.1, 0.15) is 17.1 Å². The Morgan fingerprint density at radius 3 is 2.72 bits per heavy atom. The average molecular weight is 406 g/mol. The van der Waals surface area contributed by atoms with E-state index in [0.717, 1.165) is 12.8 Å². The van der Waals surface area contributed by atoms with Gasteiger partial charge in [-0.25, -0.2) is 9.59 Å². The molecule has 1 aromatic carbocycles. The lowest BCUT2D eigenvalue weighted by atomic mass is 9.64. The molecule has 0 saturated heterocycles. The van der Waals surface area contributed by atoms with Crippen molar-refractivity contribution in [2.45, 2.75) is 64.8 Å². The van der Waals surface area contributed by atoms with E-state index in [2.05, 4.69) is 4.74 Å². The number of ether oxygens (including phenoxy) is 3. The van der Waals surface area contributed by atoms with E-state index in [9.17, 15) is 19.4 Å². The Kier molecular flexibility index (Phi) is 8.51. The fourth-order valence-electron chi connectivity index (χ4n) is 3.02. The number of carbonyl (C=O) groups is 3. The molecule has 2 rings (SSSR count). The summed E-state index contributed by atoms with van der Waals surface area (Å²) in [4.78, 5) is 35.7. The molecule has 0 amide bonds. The molecule has 0 fully saturated rings. The lowest BCUT2D eigenvalue weighted by Gasteiger charge is -2.28. The minimum Gasteiger partial charge on any atom is -0.535 e. The quantitative estimate of drug-likeness (QED) is 0.378. The molecule has 0 saturated carbocycles. The molecule has 0 spiro atoms. The maximum absolute atomic E-state index is 12.3. The molecule has 1 aliphatic heterocycles. The molecule has 1 aliphatic rings. The highest BCUT2D eigenvalue weighted by atomic mass is 16.8. The van der Waals surface area contributed by atoms with Crippen LogP contribution < -0.4 is 4.65 Å². The number of carbonyl (C=O) groups excluding carboxylic acids is 3. The number of hydrogen-bond donors (Lipinski definition) is 1. The van der Waals surface area contributed by atoms with E-state index in [1.807, 2.05) is 6.92 Å². The molecule has 158 valence electrons. The van der Waals surface area contributed by atoms with Crippen LogP contribution in [0.5, 0.6) is 5.75 Å². The van der Waals surface area contributed by atoms with Gasteiger partial charge in [0, 0.05) is 18.7 Å². The fraction of sp³-hybridized carbons (Fsp3) is 0.550. The van der Waals surface area contributed by atoms with E-state index >= 15 is 0 Å². The monoisotopic (exact) mass is 406 g/mol. The second-order valence-electron chi connectivity index (χ2n) is 7.22. The zero-order valence-electron chi connectivity index (χ0n) is 17.0. The summed E-state index contributed by atoms with van der Waals surface area (Å²) in [5.41, 5.74) is 0.816. The molecule has 29 heavy (non-hydrogen) atoms. The van der Waals surface area contributed by atoms with Gasteiger partial charge in [-0.2, -0.15) is 0 Å². The SMILES string of the molecule is CCCCC(=O)C[C@H]1Cc2cccc(C(=O)OCOC(=O)OC(C)C)c2OB1O. The standard InChI is InChI=1S/C20H27BO8/c1-4-5-8-16(22)11-15-10-14-7-6-9-17(18(14)29-21(15)25)19(23)26-12-27-20(24)28-13(2)3/h6-7,9,13,15,25H,4-5,8,10-12H2,1-3H3/t15-/m1/s1. The van der Waals surface area contributed by atoms with Gasteiger partial charge in [-0.15, -0.1) is 0 Å². The molecule has 0 bridgehead atoms. The number of ketones is 1. The van der Waals surface area contributed by atoms with Crippen LogP contribution in [0, 0.1) is 0 Å². The molecular formula is C20H27BO8. The van der Waals surface area contributed by atoms with Crippen molar-refractivity contribution in [3.63, 3.8) is 0 Å². The van der Waals surface area contributed by atoms with E-state index in [4.69, 9.17) is 14.1 Å². The van der Waals surface area contributed by atoms with Crippen LogP contribution in [0.1, 0.15) is 62.4 Å². The Hall–Kier alpha value is -2.55. The van der Waals surface area contributed by atoms with Crippen molar-refractivity contribution in [3.05, 3.63) is 29.3 Å². The zero-order valence-corrected chi connectivity index (χ0v) is 17.0. The van der Waals surface area contributed by atoms with Crippen molar-refractivity contribution < 1.29 is 38.3 Å². The number of hydrogen-bond acceptors (Lipinski definition) is 8. The van der Waals surface area contributed by atoms with Crippen LogP contribution >= 0.6 is 0 Å². The molecule has 1 aromatic rings. The summed E-state index contributed by atoms with van der Waals surface area (Å²) < 4.78 is 19.9. The minimum absolute atomic E-state index is 0.0870. The van der Waals surface area contributed by atoms with Gasteiger partial charge >= 0.3 is 19.2 Å². The fourth-order valence-corrected chi connectivity index (χ4v) is 3.02. The third kappa shape index (κ3) is 6.78. The first-order chi connectivity index (χ1) is 13.8. The van der Waals surface area contributed by atoms with Gasteiger partial charge < -0.3 is 23.9 Å². The number of Topliss-reactive ketones (excluding diaryl/α,β-unsaturated/α-hetero) is 1. The average Bonchev–Trinajstić information content (AvgIpc) is 2.65. The summed E-state index contributed by atoms with van der Waals surface area (Å²) in [7, 11) is -1.20. The van der Waals surface area contributed by atoms with E-state index in [1.54, 1.807) is 26.0 Å². The predicted molar refractivity (Wildman–Crippen MR) is 105 cm³/mol. The molecule has 0 unspecified atom stereocenters. The van der Waals surface area contributed by atoms with Gasteiger partial charge in [0.15, 0.2) is 0 Å². The number of benzene rings is 1. The summed E-state index contributed by atoms with van der Waals surface area (Å²) in [6, 6.07) is 4.94. The van der Waals surface area contributed by atoms with E-state index in [1.165, 1.54) is 6.07 Å². The zero-order chi connectivity index (χ0) is 21.4. The summed E-state index contributed by atoms with van der Waals surface area (Å²) in [5.74, 6) is -0.827. The van der Waals surface area contributed by atoms with E-state index in [-0.39, 0.29) is 35.4 Å². The van der Waals surface area contributed by atoms with Crippen molar-refractivity contribution in [3.8, 4) is 5.75 Å². The highest BCUT2D eigenvalue weighted by molar-refractivity contribution is 6.47. The predicted octanol–water partition coefficient (Wildman–Crippen LogP) is 3.30. The normalized spacial score (nSPS) is 15.3. The first-order valence-electron chi connectivity index (χ1n) is 9.80. The maximum atomic E-state index is 12.3. The third-order valence-electron chi connectivity index (χ3n) is 4.44. The van der Waals surface area contributed by atoms with Crippen molar-refractivity contribution in [1.82, 2.24) is 0 Å². The molecule has 0 aromatic heterocycles. The van der Waals surface area contributed by atoms with Crippen molar-refractivity contribution >= 4 is 25.0 Å². The summed E-state index contributed by atoms with van der Waals surface area (Å²) >= 11 is 0. The van der Waals surface area contributed by atoms with Gasteiger partial charge in [-0.3, -0.25) is 4.79 Å². The van der Waals surface area contributed by atoms with Crippen LogP contribution in [-0.4, -0.2) is 42.9 Å². The smallest absolute Gasteiger partial charge is 0.526 e. The van der Waals surface area contributed by atoms with Crippen LogP contribution in [0.15, 0.2) is 18.2 Å². The van der Waals surface area contributed by atoms with Gasteiger partial charge in [0.05, 0.1) is 6.10 Å². The van der Waals surface area contributed by atoms with Gasteiger partial charge in [0.2, 0.25) is 6.79 Å². The highest BCUT2D eigenvalue weighted by Gasteiger charge is 2.37. The molecule has 1 N–H and O–H groups in total. The lowest BCUT2D eigenvalue weighted by Crippen LogP contribution is -2.36. The summed E-state index contributed by atoms with van der Waals surface area (Å²) in [5, 5.41) is 10.3. The van der Waals surface area contributed by atoms with Crippen LogP contribution in [0.2, 0.25) is 5.82 Å². The number of unbranched alkanes of at least 4 members (excludes halogenated alkanes) is 1. The molecular weight excluding hydrogens is 379 g/mol. The number of fused-ring (bicyclic) bond motifs is 1. The highest BCUT2D eigenvalue weighted by Crippen LogP contribution is 2.36. The van der Waals surface area contributed by atoms with Crippen molar-refractivity contribution in [2.24, 2.45) is 0 Å². The summed E-state index contributed by atoms with van der Waals surface area (Å²) in [6.07, 6.45) is 1.58. The number of rotatable bonds is 9. The Morgan fingerprint density at radius 1 is 1.28 bits per heavy atom. The Labute approximate surface area is 170 Å². The second-order valence-corrected chi connectivity index (χ2v) is 7.22. The topological polar surface area (TPSA) is 108 Å². The second kappa shape index (κ2) is 10.9. The number of para-hydroxylation sites is 1.